The summed E-state index contributed by atoms with van der Waals surface area (Å²) in [6.45, 7) is 0. The molecule has 1 N–H and O–H groups in total. The first-order valence-corrected chi connectivity index (χ1v) is 8.71. The van der Waals surface area contributed by atoms with Crippen LogP contribution in [0.3, 0.4) is 0 Å². The van der Waals surface area contributed by atoms with E-state index in [1.165, 1.54) is 44.6 Å². The second-order valence-electron chi connectivity index (χ2n) is 5.20. The van der Waals surface area contributed by atoms with E-state index in [2.05, 4.69) is 26.0 Å². The number of nitrogens with zero attached hydrogens (tertiary/aromatic N) is 1. The molecule has 2 aromatic carbocycles. The molecule has 27 heavy (non-hydrogen) atoms. The molecule has 8 heteroatoms. The van der Waals surface area contributed by atoms with E-state index in [0.717, 1.165) is 0 Å². The maximum Gasteiger partial charge on any atom is 0.337 e. The third-order valence-electron chi connectivity index (χ3n) is 3.47. The number of ether oxygens (including phenoxy) is 2. The number of carbonyl (C=O) groups excluding carboxylic acids is 2. The van der Waals surface area contributed by atoms with Crippen molar-refractivity contribution in [3.63, 3.8) is 0 Å². The Bertz CT molecular complexity index is 949. The van der Waals surface area contributed by atoms with E-state index < -0.39 is 11.9 Å². The molecule has 0 spiro atoms. The highest BCUT2D eigenvalue weighted by Crippen LogP contribution is 2.33. The number of methoxy groups -OCH3 is 2. The molecule has 0 aliphatic carbocycles. The largest absolute Gasteiger partial charge is 0.495 e. The number of carbonyl (C=O) groups is 2. The average molecular weight is 450 g/mol. The second-order valence-corrected chi connectivity index (χ2v) is 6.53. The molecule has 0 bridgehead atoms. The van der Waals surface area contributed by atoms with Crippen molar-refractivity contribution in [1.29, 1.82) is 5.26 Å². The van der Waals surface area contributed by atoms with Crippen molar-refractivity contribution in [2.75, 3.05) is 19.5 Å². The van der Waals surface area contributed by atoms with Gasteiger partial charge in [0.25, 0.3) is 5.91 Å². The first kappa shape index (κ1) is 20.5. The molecule has 0 saturated heterocycles. The number of anilines is 1. The van der Waals surface area contributed by atoms with Crippen LogP contribution in [0.1, 0.15) is 15.9 Å². The van der Waals surface area contributed by atoms with E-state index in [9.17, 15) is 14.9 Å². The van der Waals surface area contributed by atoms with Gasteiger partial charge in [-0.1, -0.05) is 27.5 Å². The number of hydrogen-bond donors (Lipinski definition) is 1. The second kappa shape index (κ2) is 9.21. The Labute approximate surface area is 169 Å². The molecule has 1 amide bonds. The van der Waals surface area contributed by atoms with E-state index in [1.807, 2.05) is 6.07 Å². The van der Waals surface area contributed by atoms with Crippen LogP contribution in [-0.2, 0) is 9.53 Å². The zero-order valence-electron chi connectivity index (χ0n) is 14.4. The molecule has 138 valence electrons. The van der Waals surface area contributed by atoms with Gasteiger partial charge in [-0.2, -0.15) is 5.26 Å². The van der Waals surface area contributed by atoms with E-state index in [-0.39, 0.29) is 5.57 Å². The molecule has 6 nitrogen and oxygen atoms in total. The molecule has 0 unspecified atom stereocenters. The summed E-state index contributed by atoms with van der Waals surface area (Å²) in [5.41, 5.74) is 1.11. The summed E-state index contributed by atoms with van der Waals surface area (Å²) in [5.74, 6) is -0.742. The minimum atomic E-state index is -0.610. The van der Waals surface area contributed by atoms with Crippen LogP contribution >= 0.6 is 27.5 Å². The lowest BCUT2D eigenvalue weighted by molar-refractivity contribution is -0.112. The van der Waals surface area contributed by atoms with Gasteiger partial charge in [0.2, 0.25) is 0 Å². The monoisotopic (exact) mass is 448 g/mol. The SMILES string of the molecule is COC(=O)c1ccc(NC(=O)/C(C#N)=C/c2cc(Br)cc(Cl)c2OC)cc1. The van der Waals surface area contributed by atoms with Crippen LogP contribution in [0, 0.1) is 11.3 Å². The lowest BCUT2D eigenvalue weighted by Gasteiger charge is -2.09. The minimum absolute atomic E-state index is 0.139. The topological polar surface area (TPSA) is 88.4 Å². The number of rotatable bonds is 5. The summed E-state index contributed by atoms with van der Waals surface area (Å²) < 4.78 is 10.5. The summed E-state index contributed by atoms with van der Waals surface area (Å²) in [4.78, 5) is 23.8. The maximum atomic E-state index is 12.4. The highest BCUT2D eigenvalue weighted by molar-refractivity contribution is 9.10. The molecular weight excluding hydrogens is 436 g/mol. The van der Waals surface area contributed by atoms with Crippen molar-refractivity contribution >= 4 is 51.2 Å². The van der Waals surface area contributed by atoms with Crippen molar-refractivity contribution in [2.45, 2.75) is 0 Å². The van der Waals surface area contributed by atoms with Crippen LogP contribution < -0.4 is 10.1 Å². The Morgan fingerprint density at radius 2 is 1.89 bits per heavy atom. The third kappa shape index (κ3) is 5.09. The fraction of sp³-hybridized carbons (Fsp3) is 0.105. The third-order valence-corrected chi connectivity index (χ3v) is 4.21. The molecule has 0 aliphatic rings. The van der Waals surface area contributed by atoms with Crippen molar-refractivity contribution < 1.29 is 19.1 Å². The Morgan fingerprint density at radius 3 is 2.44 bits per heavy atom. The van der Waals surface area contributed by atoms with Gasteiger partial charge in [0.1, 0.15) is 17.4 Å². The number of halogens is 2. The molecule has 0 aliphatic heterocycles. The minimum Gasteiger partial charge on any atom is -0.495 e. The number of hydrogen-bond acceptors (Lipinski definition) is 5. The van der Waals surface area contributed by atoms with Crippen LogP contribution in [0.5, 0.6) is 5.75 Å². The summed E-state index contributed by atoms with van der Waals surface area (Å²) in [7, 11) is 2.73. The van der Waals surface area contributed by atoms with Crippen molar-refractivity contribution in [2.24, 2.45) is 0 Å². The van der Waals surface area contributed by atoms with E-state index >= 15 is 0 Å². The smallest absolute Gasteiger partial charge is 0.337 e. The van der Waals surface area contributed by atoms with Gasteiger partial charge in [0, 0.05) is 15.7 Å². The fourth-order valence-electron chi connectivity index (χ4n) is 2.21. The summed E-state index contributed by atoms with van der Waals surface area (Å²) in [6, 6.07) is 11.3. The number of nitrogens with one attached hydrogen (secondary N) is 1. The Balaban J connectivity index is 2.28. The first-order chi connectivity index (χ1) is 12.9. The van der Waals surface area contributed by atoms with Gasteiger partial charge in [-0.25, -0.2) is 4.79 Å². The summed E-state index contributed by atoms with van der Waals surface area (Å²) >= 11 is 9.43. The number of benzene rings is 2. The van der Waals surface area contributed by atoms with Gasteiger partial charge >= 0.3 is 5.97 Å². The predicted molar refractivity (Wildman–Crippen MR) is 106 cm³/mol. The summed E-state index contributed by atoms with van der Waals surface area (Å²) in [5, 5.41) is 12.3. The lowest BCUT2D eigenvalue weighted by Crippen LogP contribution is -2.13. The molecule has 2 rings (SSSR count). The molecule has 2 aromatic rings. The van der Waals surface area contributed by atoms with Crippen LogP contribution in [-0.4, -0.2) is 26.1 Å². The van der Waals surface area contributed by atoms with Gasteiger partial charge in [-0.15, -0.1) is 0 Å². The number of nitriles is 1. The molecule has 0 saturated carbocycles. The first-order valence-electron chi connectivity index (χ1n) is 7.54. The molecule has 0 heterocycles. The van der Waals surface area contributed by atoms with Crippen LogP contribution in [0.25, 0.3) is 6.08 Å². The maximum absolute atomic E-state index is 12.4. The van der Waals surface area contributed by atoms with Crippen LogP contribution in [0.15, 0.2) is 46.4 Å². The molecule has 0 atom stereocenters. The normalized spacial score (nSPS) is 10.7. The van der Waals surface area contributed by atoms with Gasteiger partial charge < -0.3 is 14.8 Å². The molecular formula is C19H14BrClN2O4. The number of esters is 1. The quantitative estimate of drug-likeness (QED) is 0.414. The fourth-order valence-corrected chi connectivity index (χ4v) is 3.12. The van der Waals surface area contributed by atoms with Gasteiger partial charge in [-0.05, 0) is 42.5 Å². The van der Waals surface area contributed by atoms with Crippen molar-refractivity contribution in [3.05, 3.63) is 62.6 Å². The Hall–Kier alpha value is -2.82. The van der Waals surface area contributed by atoms with Crippen molar-refractivity contribution in [3.8, 4) is 11.8 Å². The van der Waals surface area contributed by atoms with Crippen LogP contribution in [0.2, 0.25) is 5.02 Å². The average Bonchev–Trinajstić information content (AvgIpc) is 2.65. The molecule has 0 fully saturated rings. The summed E-state index contributed by atoms with van der Waals surface area (Å²) in [6.07, 6.45) is 1.38. The van der Waals surface area contributed by atoms with E-state index in [0.29, 0.717) is 32.1 Å². The zero-order chi connectivity index (χ0) is 20.0. The molecule has 0 radical (unpaired) electrons. The van der Waals surface area contributed by atoms with E-state index in [1.54, 1.807) is 12.1 Å². The predicted octanol–water partition coefficient (Wildman–Crippen LogP) is 4.44. The van der Waals surface area contributed by atoms with Gasteiger partial charge in [0.05, 0.1) is 24.8 Å². The highest BCUT2D eigenvalue weighted by atomic mass is 79.9. The number of amides is 1. The van der Waals surface area contributed by atoms with Crippen LogP contribution in [0.4, 0.5) is 5.69 Å². The standard InChI is InChI=1S/C19H14BrClN2O4/c1-26-17-12(8-14(20)9-16(17)21)7-13(10-22)18(24)23-15-5-3-11(4-6-15)19(25)27-2/h3-9H,1-2H3,(H,23,24)/b13-7+. The Morgan fingerprint density at radius 1 is 1.22 bits per heavy atom. The highest BCUT2D eigenvalue weighted by Gasteiger charge is 2.14. The van der Waals surface area contributed by atoms with Crippen molar-refractivity contribution in [1.82, 2.24) is 0 Å². The lowest BCUT2D eigenvalue weighted by atomic mass is 10.1. The van der Waals surface area contributed by atoms with Gasteiger partial charge in [-0.3, -0.25) is 4.79 Å². The van der Waals surface area contributed by atoms with E-state index in [4.69, 9.17) is 16.3 Å². The Kier molecular flexibility index (Phi) is 6.99. The zero-order valence-corrected chi connectivity index (χ0v) is 16.7. The van der Waals surface area contributed by atoms with Gasteiger partial charge in [0.15, 0.2) is 0 Å². The molecule has 0 aromatic heterocycles.